The summed E-state index contributed by atoms with van der Waals surface area (Å²) >= 11 is 0. The number of carbonyl (C=O) groups excluding carboxylic acids is 1. The van der Waals surface area contributed by atoms with Crippen molar-refractivity contribution < 1.29 is 4.79 Å². The van der Waals surface area contributed by atoms with Crippen LogP contribution in [-0.4, -0.2) is 15.7 Å². The van der Waals surface area contributed by atoms with Gasteiger partial charge in [-0.25, -0.2) is 4.68 Å². The number of benzene rings is 3. The van der Waals surface area contributed by atoms with Gasteiger partial charge in [-0.2, -0.15) is 5.10 Å². The van der Waals surface area contributed by atoms with Crippen molar-refractivity contribution in [2.75, 3.05) is 5.73 Å². The van der Waals surface area contributed by atoms with Gasteiger partial charge in [0.15, 0.2) is 0 Å². The number of anilines is 1. The van der Waals surface area contributed by atoms with E-state index < -0.39 is 0 Å². The first kappa shape index (κ1) is 20.1. The molecule has 160 valence electrons. The second kappa shape index (κ2) is 8.35. The van der Waals surface area contributed by atoms with Crippen LogP contribution in [0.2, 0.25) is 0 Å². The van der Waals surface area contributed by atoms with Crippen molar-refractivity contribution in [3.05, 3.63) is 101 Å². The lowest BCUT2D eigenvalue weighted by atomic mass is 9.87. The summed E-state index contributed by atoms with van der Waals surface area (Å²) in [4.78, 5) is 12.9. The number of carbonyl (C=O) groups is 1. The lowest BCUT2D eigenvalue weighted by Crippen LogP contribution is -2.30. The summed E-state index contributed by atoms with van der Waals surface area (Å²) in [7, 11) is 0. The Labute approximate surface area is 187 Å². The number of aryl methyl sites for hydroxylation is 2. The molecule has 5 rings (SSSR count). The molecule has 1 aliphatic rings. The summed E-state index contributed by atoms with van der Waals surface area (Å²) in [5, 5.41) is 7.88. The summed E-state index contributed by atoms with van der Waals surface area (Å²) in [6.07, 6.45) is 3.13. The van der Waals surface area contributed by atoms with Crippen molar-refractivity contribution in [3.63, 3.8) is 0 Å². The lowest BCUT2D eigenvalue weighted by molar-refractivity contribution is 0.0933. The zero-order chi connectivity index (χ0) is 22.1. The lowest BCUT2D eigenvalue weighted by Gasteiger charge is -2.26. The molecule has 4 aromatic rings. The molecule has 1 aromatic heterocycles. The molecular formula is C27H26N4O. The highest BCUT2D eigenvalue weighted by Crippen LogP contribution is 2.30. The van der Waals surface area contributed by atoms with Crippen LogP contribution < -0.4 is 11.1 Å². The van der Waals surface area contributed by atoms with Crippen LogP contribution in [0.4, 0.5) is 5.82 Å². The highest BCUT2D eigenvalue weighted by molar-refractivity contribution is 5.94. The second-order valence-electron chi connectivity index (χ2n) is 8.40. The minimum Gasteiger partial charge on any atom is -0.384 e. The van der Waals surface area contributed by atoms with Gasteiger partial charge in [0.1, 0.15) is 5.82 Å². The Morgan fingerprint density at radius 1 is 1.03 bits per heavy atom. The Morgan fingerprint density at radius 3 is 2.66 bits per heavy atom. The zero-order valence-corrected chi connectivity index (χ0v) is 18.1. The molecule has 0 radical (unpaired) electrons. The number of hydrogen-bond acceptors (Lipinski definition) is 3. The third kappa shape index (κ3) is 3.89. The molecule has 0 saturated carbocycles. The SMILES string of the molecule is Cc1cccc(-c2cc(N)n(-c3ccc(C(=O)N[C@@H]4CCCc5ccccc54)cc3)n2)c1. The van der Waals surface area contributed by atoms with Gasteiger partial charge >= 0.3 is 0 Å². The van der Waals surface area contributed by atoms with Crippen LogP contribution in [0.25, 0.3) is 16.9 Å². The molecule has 1 aliphatic carbocycles. The average molecular weight is 423 g/mol. The highest BCUT2D eigenvalue weighted by atomic mass is 16.1. The Bertz CT molecular complexity index is 1270. The standard InChI is InChI=1S/C27H26N4O/c1-18-6-4-9-21(16-18)25-17-26(28)31(30-25)22-14-12-20(13-15-22)27(32)29-24-11-5-8-19-7-2-3-10-23(19)24/h2-4,6-7,9-10,12-17,24H,5,8,11,28H2,1H3,(H,29,32)/t24-/m1/s1. The van der Waals surface area contributed by atoms with E-state index in [0.717, 1.165) is 36.2 Å². The minimum absolute atomic E-state index is 0.0609. The summed E-state index contributed by atoms with van der Waals surface area (Å²) in [5.74, 6) is 0.490. The number of hydrogen-bond donors (Lipinski definition) is 2. The van der Waals surface area contributed by atoms with E-state index in [2.05, 4.69) is 47.7 Å². The molecule has 1 amide bonds. The number of nitrogens with one attached hydrogen (secondary N) is 1. The number of nitrogens with two attached hydrogens (primary N) is 1. The molecule has 0 saturated heterocycles. The Kier molecular flexibility index (Phi) is 5.23. The van der Waals surface area contributed by atoms with Crippen molar-refractivity contribution in [2.45, 2.75) is 32.2 Å². The predicted octanol–water partition coefficient (Wildman–Crippen LogP) is 5.24. The fraction of sp³-hybridized carbons (Fsp3) is 0.185. The first-order valence-corrected chi connectivity index (χ1v) is 11.0. The van der Waals surface area contributed by atoms with E-state index in [1.165, 1.54) is 16.7 Å². The largest absolute Gasteiger partial charge is 0.384 e. The van der Waals surface area contributed by atoms with E-state index in [0.29, 0.717) is 11.4 Å². The molecule has 1 atom stereocenters. The quantitative estimate of drug-likeness (QED) is 0.472. The number of fused-ring (bicyclic) bond motifs is 1. The third-order valence-corrected chi connectivity index (χ3v) is 6.10. The van der Waals surface area contributed by atoms with Crippen molar-refractivity contribution in [3.8, 4) is 16.9 Å². The molecule has 0 unspecified atom stereocenters. The van der Waals surface area contributed by atoms with Crippen LogP contribution in [0.1, 0.15) is 45.9 Å². The van der Waals surface area contributed by atoms with Gasteiger partial charge in [-0.1, -0.05) is 48.0 Å². The van der Waals surface area contributed by atoms with Crippen molar-refractivity contribution in [1.29, 1.82) is 0 Å². The van der Waals surface area contributed by atoms with E-state index in [9.17, 15) is 4.79 Å². The third-order valence-electron chi connectivity index (χ3n) is 6.10. The van der Waals surface area contributed by atoms with Gasteiger partial charge in [0.25, 0.3) is 5.91 Å². The first-order chi connectivity index (χ1) is 15.6. The Morgan fingerprint density at radius 2 is 1.84 bits per heavy atom. The maximum atomic E-state index is 12.9. The van der Waals surface area contributed by atoms with E-state index in [-0.39, 0.29) is 11.9 Å². The van der Waals surface area contributed by atoms with E-state index in [4.69, 9.17) is 5.73 Å². The summed E-state index contributed by atoms with van der Waals surface area (Å²) in [6, 6.07) is 25.9. The molecular weight excluding hydrogens is 396 g/mol. The normalized spacial score (nSPS) is 15.2. The molecule has 0 aliphatic heterocycles. The topological polar surface area (TPSA) is 72.9 Å². The van der Waals surface area contributed by atoms with Crippen LogP contribution in [-0.2, 0) is 6.42 Å². The summed E-state index contributed by atoms with van der Waals surface area (Å²) in [6.45, 7) is 2.06. The van der Waals surface area contributed by atoms with E-state index in [1.54, 1.807) is 4.68 Å². The summed E-state index contributed by atoms with van der Waals surface area (Å²) in [5.41, 5.74) is 13.3. The number of rotatable bonds is 4. The van der Waals surface area contributed by atoms with Gasteiger partial charge < -0.3 is 11.1 Å². The fourth-order valence-electron chi connectivity index (χ4n) is 4.45. The molecule has 1 heterocycles. The molecule has 3 N–H and O–H groups in total. The van der Waals surface area contributed by atoms with Crippen molar-refractivity contribution >= 4 is 11.7 Å². The monoisotopic (exact) mass is 422 g/mol. The second-order valence-corrected chi connectivity index (χ2v) is 8.40. The predicted molar refractivity (Wildman–Crippen MR) is 128 cm³/mol. The van der Waals surface area contributed by atoms with Crippen molar-refractivity contribution in [1.82, 2.24) is 15.1 Å². The molecule has 0 fully saturated rings. The van der Waals surface area contributed by atoms with Gasteiger partial charge in [-0.15, -0.1) is 0 Å². The van der Waals surface area contributed by atoms with Crippen LogP contribution in [0.15, 0.2) is 78.9 Å². The minimum atomic E-state index is -0.0628. The highest BCUT2D eigenvalue weighted by Gasteiger charge is 2.22. The number of amides is 1. The van der Waals surface area contributed by atoms with Crippen LogP contribution in [0, 0.1) is 6.92 Å². The van der Waals surface area contributed by atoms with E-state index >= 15 is 0 Å². The number of aromatic nitrogens is 2. The molecule has 32 heavy (non-hydrogen) atoms. The Hall–Kier alpha value is -3.86. The van der Waals surface area contributed by atoms with Gasteiger partial charge in [0.05, 0.1) is 17.4 Å². The van der Waals surface area contributed by atoms with Gasteiger partial charge in [0, 0.05) is 17.2 Å². The molecule has 3 aromatic carbocycles. The molecule has 0 spiro atoms. The molecule has 5 heteroatoms. The van der Waals surface area contributed by atoms with Gasteiger partial charge in [-0.3, -0.25) is 4.79 Å². The molecule has 0 bridgehead atoms. The average Bonchev–Trinajstić information content (AvgIpc) is 3.21. The van der Waals surface area contributed by atoms with Gasteiger partial charge in [0.2, 0.25) is 0 Å². The van der Waals surface area contributed by atoms with Crippen LogP contribution in [0.5, 0.6) is 0 Å². The zero-order valence-electron chi connectivity index (χ0n) is 18.1. The maximum absolute atomic E-state index is 12.9. The fourth-order valence-corrected chi connectivity index (χ4v) is 4.45. The number of nitrogens with zero attached hydrogens (tertiary/aromatic N) is 2. The van der Waals surface area contributed by atoms with Gasteiger partial charge in [-0.05, 0) is 67.6 Å². The summed E-state index contributed by atoms with van der Waals surface area (Å²) < 4.78 is 1.71. The Balaban J connectivity index is 1.34. The maximum Gasteiger partial charge on any atom is 0.251 e. The van der Waals surface area contributed by atoms with Crippen LogP contribution >= 0.6 is 0 Å². The first-order valence-electron chi connectivity index (χ1n) is 11.0. The van der Waals surface area contributed by atoms with E-state index in [1.807, 2.05) is 48.5 Å². The number of nitrogen functional groups attached to an aromatic ring is 1. The van der Waals surface area contributed by atoms with Crippen molar-refractivity contribution in [2.24, 2.45) is 0 Å². The van der Waals surface area contributed by atoms with Crippen LogP contribution in [0.3, 0.4) is 0 Å². The molecule has 5 nitrogen and oxygen atoms in total. The smallest absolute Gasteiger partial charge is 0.251 e.